The van der Waals surface area contributed by atoms with Crippen molar-refractivity contribution in [2.45, 2.75) is 25.8 Å². The van der Waals surface area contributed by atoms with E-state index in [0.29, 0.717) is 11.7 Å². The van der Waals surface area contributed by atoms with Gasteiger partial charge in [-0.15, -0.1) is 0 Å². The first-order chi connectivity index (χ1) is 9.76. The molecule has 5 heteroatoms. The SMILES string of the molecule is CCN1CCN(C(=O)c2cc(NC3CC3)ccn2)CC1. The number of nitrogens with one attached hydrogen (secondary N) is 1. The average Bonchev–Trinajstić information content (AvgIpc) is 3.31. The Kier molecular flexibility index (Phi) is 3.87. The van der Waals surface area contributed by atoms with Gasteiger partial charge in [-0.2, -0.15) is 0 Å². The molecule has 1 aromatic heterocycles. The summed E-state index contributed by atoms with van der Waals surface area (Å²) in [6.07, 6.45) is 4.18. The first-order valence-corrected chi connectivity index (χ1v) is 7.50. The summed E-state index contributed by atoms with van der Waals surface area (Å²) in [7, 11) is 0. The van der Waals surface area contributed by atoms with E-state index in [1.165, 1.54) is 12.8 Å². The number of hydrogen-bond acceptors (Lipinski definition) is 4. The summed E-state index contributed by atoms with van der Waals surface area (Å²) < 4.78 is 0. The largest absolute Gasteiger partial charge is 0.382 e. The van der Waals surface area contributed by atoms with Gasteiger partial charge in [0.05, 0.1) is 0 Å². The molecule has 1 aromatic rings. The first kappa shape index (κ1) is 13.4. The molecule has 0 radical (unpaired) electrons. The van der Waals surface area contributed by atoms with Crippen molar-refractivity contribution in [2.75, 3.05) is 38.0 Å². The number of carbonyl (C=O) groups excluding carboxylic acids is 1. The monoisotopic (exact) mass is 274 g/mol. The molecule has 0 aromatic carbocycles. The van der Waals surface area contributed by atoms with E-state index in [-0.39, 0.29) is 5.91 Å². The second-order valence-corrected chi connectivity index (χ2v) is 5.57. The van der Waals surface area contributed by atoms with Crippen LogP contribution in [0.4, 0.5) is 5.69 Å². The van der Waals surface area contributed by atoms with E-state index in [1.54, 1.807) is 6.20 Å². The van der Waals surface area contributed by atoms with Crippen LogP contribution in [-0.4, -0.2) is 59.5 Å². The molecule has 0 unspecified atom stereocenters. The lowest BCUT2D eigenvalue weighted by molar-refractivity contribution is 0.0637. The molecule has 1 N–H and O–H groups in total. The summed E-state index contributed by atoms with van der Waals surface area (Å²) in [6, 6.07) is 4.41. The molecule has 1 saturated carbocycles. The van der Waals surface area contributed by atoms with Gasteiger partial charge < -0.3 is 15.1 Å². The standard InChI is InChI=1S/C15H22N4O/c1-2-18-7-9-19(10-8-18)15(20)14-11-13(5-6-16-14)17-12-3-4-12/h5-6,11-12H,2-4,7-10H2,1H3,(H,16,17). The molecule has 0 spiro atoms. The molecule has 3 rings (SSSR count). The summed E-state index contributed by atoms with van der Waals surface area (Å²) in [4.78, 5) is 21.0. The minimum Gasteiger partial charge on any atom is -0.382 e. The summed E-state index contributed by atoms with van der Waals surface area (Å²) >= 11 is 0. The van der Waals surface area contributed by atoms with Crippen LogP contribution < -0.4 is 5.32 Å². The van der Waals surface area contributed by atoms with E-state index in [0.717, 1.165) is 38.4 Å². The van der Waals surface area contributed by atoms with Gasteiger partial charge in [0.25, 0.3) is 5.91 Å². The zero-order valence-corrected chi connectivity index (χ0v) is 12.0. The van der Waals surface area contributed by atoms with Gasteiger partial charge in [0, 0.05) is 44.1 Å². The van der Waals surface area contributed by atoms with E-state index in [2.05, 4.69) is 22.1 Å². The predicted molar refractivity (Wildman–Crippen MR) is 78.9 cm³/mol. The van der Waals surface area contributed by atoms with Crippen LogP contribution in [0.15, 0.2) is 18.3 Å². The van der Waals surface area contributed by atoms with Gasteiger partial charge in [0.15, 0.2) is 0 Å². The third-order valence-corrected chi connectivity index (χ3v) is 4.03. The number of hydrogen-bond donors (Lipinski definition) is 1. The Balaban J connectivity index is 1.64. The molecule has 1 aliphatic heterocycles. The fraction of sp³-hybridized carbons (Fsp3) is 0.600. The van der Waals surface area contributed by atoms with Crippen molar-refractivity contribution in [3.8, 4) is 0 Å². The second-order valence-electron chi connectivity index (χ2n) is 5.57. The van der Waals surface area contributed by atoms with Crippen LogP contribution in [-0.2, 0) is 0 Å². The summed E-state index contributed by atoms with van der Waals surface area (Å²) in [5.74, 6) is 0.0557. The molecule has 2 heterocycles. The van der Waals surface area contributed by atoms with Crippen LogP contribution >= 0.6 is 0 Å². The molecule has 108 valence electrons. The molecule has 1 amide bonds. The maximum absolute atomic E-state index is 12.5. The smallest absolute Gasteiger partial charge is 0.272 e. The number of anilines is 1. The Morgan fingerprint density at radius 1 is 1.35 bits per heavy atom. The lowest BCUT2D eigenvalue weighted by atomic mass is 10.2. The average molecular weight is 274 g/mol. The van der Waals surface area contributed by atoms with Gasteiger partial charge in [0.1, 0.15) is 5.69 Å². The van der Waals surface area contributed by atoms with Gasteiger partial charge in [-0.25, -0.2) is 0 Å². The summed E-state index contributed by atoms with van der Waals surface area (Å²) in [5, 5.41) is 3.41. The number of likely N-dealkylation sites (N-methyl/N-ethyl adjacent to an activating group) is 1. The quantitative estimate of drug-likeness (QED) is 0.902. The Morgan fingerprint density at radius 3 is 2.75 bits per heavy atom. The molecule has 0 bridgehead atoms. The normalized spacial score (nSPS) is 19.9. The van der Waals surface area contributed by atoms with Crippen molar-refractivity contribution < 1.29 is 4.79 Å². The number of carbonyl (C=O) groups is 1. The van der Waals surface area contributed by atoms with Crippen LogP contribution in [0.5, 0.6) is 0 Å². The van der Waals surface area contributed by atoms with Gasteiger partial charge in [-0.3, -0.25) is 9.78 Å². The number of piperazine rings is 1. The fourth-order valence-electron chi connectivity index (χ4n) is 2.53. The van der Waals surface area contributed by atoms with Crippen molar-refractivity contribution in [3.05, 3.63) is 24.0 Å². The predicted octanol–water partition coefficient (Wildman–Crippen LogP) is 1.43. The van der Waals surface area contributed by atoms with Crippen LogP contribution in [0.3, 0.4) is 0 Å². The summed E-state index contributed by atoms with van der Waals surface area (Å²) in [6.45, 7) is 6.74. The molecule has 5 nitrogen and oxygen atoms in total. The second kappa shape index (κ2) is 5.79. The highest BCUT2D eigenvalue weighted by Crippen LogP contribution is 2.24. The zero-order chi connectivity index (χ0) is 13.9. The van der Waals surface area contributed by atoms with Crippen molar-refractivity contribution >= 4 is 11.6 Å². The first-order valence-electron chi connectivity index (χ1n) is 7.50. The van der Waals surface area contributed by atoms with E-state index in [4.69, 9.17) is 0 Å². The minimum absolute atomic E-state index is 0.0557. The minimum atomic E-state index is 0.0557. The topological polar surface area (TPSA) is 48.5 Å². The van der Waals surface area contributed by atoms with E-state index in [1.807, 2.05) is 17.0 Å². The highest BCUT2D eigenvalue weighted by Gasteiger charge is 2.24. The zero-order valence-electron chi connectivity index (χ0n) is 12.0. The van der Waals surface area contributed by atoms with Gasteiger partial charge in [-0.1, -0.05) is 6.92 Å². The van der Waals surface area contributed by atoms with Gasteiger partial charge in [0.2, 0.25) is 0 Å². The third-order valence-electron chi connectivity index (χ3n) is 4.03. The van der Waals surface area contributed by atoms with Crippen LogP contribution in [0.1, 0.15) is 30.3 Å². The van der Waals surface area contributed by atoms with Gasteiger partial charge in [-0.05, 0) is 31.5 Å². The van der Waals surface area contributed by atoms with E-state index < -0.39 is 0 Å². The van der Waals surface area contributed by atoms with Crippen molar-refractivity contribution in [1.29, 1.82) is 0 Å². The fourth-order valence-corrected chi connectivity index (χ4v) is 2.53. The van der Waals surface area contributed by atoms with Crippen LogP contribution in [0.2, 0.25) is 0 Å². The van der Waals surface area contributed by atoms with Gasteiger partial charge >= 0.3 is 0 Å². The molecule has 20 heavy (non-hydrogen) atoms. The third kappa shape index (κ3) is 3.10. The molecular formula is C15H22N4O. The lowest BCUT2D eigenvalue weighted by Gasteiger charge is -2.33. The summed E-state index contributed by atoms with van der Waals surface area (Å²) in [5.41, 5.74) is 1.57. The molecule has 2 aliphatic rings. The Morgan fingerprint density at radius 2 is 2.10 bits per heavy atom. The van der Waals surface area contributed by atoms with E-state index in [9.17, 15) is 4.79 Å². The maximum atomic E-state index is 12.5. The maximum Gasteiger partial charge on any atom is 0.272 e. The van der Waals surface area contributed by atoms with Crippen molar-refractivity contribution in [3.63, 3.8) is 0 Å². The Hall–Kier alpha value is -1.62. The van der Waals surface area contributed by atoms with Crippen LogP contribution in [0, 0.1) is 0 Å². The highest BCUT2D eigenvalue weighted by molar-refractivity contribution is 5.93. The molecule has 0 atom stereocenters. The molecule has 2 fully saturated rings. The molecule has 1 aliphatic carbocycles. The number of amides is 1. The number of rotatable bonds is 4. The van der Waals surface area contributed by atoms with Crippen LogP contribution in [0.25, 0.3) is 0 Å². The Labute approximate surface area is 120 Å². The molecule has 1 saturated heterocycles. The highest BCUT2D eigenvalue weighted by atomic mass is 16.2. The lowest BCUT2D eigenvalue weighted by Crippen LogP contribution is -2.48. The number of aromatic nitrogens is 1. The van der Waals surface area contributed by atoms with Crippen molar-refractivity contribution in [1.82, 2.24) is 14.8 Å². The van der Waals surface area contributed by atoms with Crippen molar-refractivity contribution in [2.24, 2.45) is 0 Å². The molecular weight excluding hydrogens is 252 g/mol. The Bertz CT molecular complexity index is 479. The number of pyridine rings is 1. The number of nitrogens with zero attached hydrogens (tertiary/aromatic N) is 3. The van der Waals surface area contributed by atoms with E-state index >= 15 is 0 Å².